The zero-order valence-corrected chi connectivity index (χ0v) is 14.5. The number of aryl methyl sites for hydroxylation is 1. The largest absolute Gasteiger partial charge is 0.573 e. The summed E-state index contributed by atoms with van der Waals surface area (Å²) in [5.74, 6) is 1.12. The second kappa shape index (κ2) is 9.07. The molecule has 1 aromatic heterocycles. The maximum atomic E-state index is 12.5. The molecule has 0 fully saturated rings. The molecule has 10 heteroatoms. The Morgan fingerprint density at radius 2 is 2.04 bits per heavy atom. The number of ether oxygens (including phenoxy) is 1. The summed E-state index contributed by atoms with van der Waals surface area (Å²) >= 11 is 0. The Kier molecular flexibility index (Phi) is 6.81. The van der Waals surface area contributed by atoms with Crippen molar-refractivity contribution in [1.82, 2.24) is 25.4 Å². The maximum absolute atomic E-state index is 12.5. The fraction of sp³-hybridized carbons (Fsp3) is 0.438. The highest BCUT2D eigenvalue weighted by Gasteiger charge is 2.31. The van der Waals surface area contributed by atoms with Crippen LogP contribution in [-0.2, 0) is 19.5 Å². The minimum atomic E-state index is -4.73. The first-order valence-corrected chi connectivity index (χ1v) is 8.07. The van der Waals surface area contributed by atoms with Gasteiger partial charge in [-0.25, -0.2) is 0 Å². The molecule has 0 aliphatic carbocycles. The third-order valence-corrected chi connectivity index (χ3v) is 3.53. The molecule has 7 nitrogen and oxygen atoms in total. The Morgan fingerprint density at radius 1 is 1.27 bits per heavy atom. The molecule has 1 aromatic carbocycles. The Labute approximate surface area is 149 Å². The molecule has 142 valence electrons. The van der Waals surface area contributed by atoms with E-state index in [-0.39, 0.29) is 12.3 Å². The van der Waals surface area contributed by atoms with Crippen LogP contribution in [0.3, 0.4) is 0 Å². The molecular formula is C16H21F3N6O. The van der Waals surface area contributed by atoms with Crippen molar-refractivity contribution in [3.8, 4) is 5.75 Å². The first-order chi connectivity index (χ1) is 12.4. The van der Waals surface area contributed by atoms with Crippen LogP contribution < -0.4 is 15.4 Å². The molecule has 0 radical (unpaired) electrons. The number of aliphatic imine (C=N–C) groups is 1. The van der Waals surface area contributed by atoms with Crippen LogP contribution in [0.4, 0.5) is 13.2 Å². The van der Waals surface area contributed by atoms with Gasteiger partial charge in [-0.15, -0.1) is 23.4 Å². The summed E-state index contributed by atoms with van der Waals surface area (Å²) in [6.07, 6.45) is -2.30. The summed E-state index contributed by atoms with van der Waals surface area (Å²) in [4.78, 5) is 4.06. The number of para-hydroxylation sites is 1. The molecular weight excluding hydrogens is 349 g/mol. The lowest BCUT2D eigenvalue weighted by Gasteiger charge is -2.16. The number of hydrogen-bond acceptors (Lipinski definition) is 4. The number of rotatable bonds is 7. The van der Waals surface area contributed by atoms with Crippen molar-refractivity contribution in [2.24, 2.45) is 4.99 Å². The van der Waals surface area contributed by atoms with Gasteiger partial charge < -0.3 is 19.9 Å². The minimum Gasteiger partial charge on any atom is -0.405 e. The van der Waals surface area contributed by atoms with Gasteiger partial charge in [0.05, 0.1) is 0 Å². The van der Waals surface area contributed by atoms with Gasteiger partial charge in [-0.2, -0.15) is 0 Å². The number of hydrogen-bond donors (Lipinski definition) is 2. The van der Waals surface area contributed by atoms with Crippen molar-refractivity contribution < 1.29 is 17.9 Å². The Hall–Kier alpha value is -2.78. The van der Waals surface area contributed by atoms with Crippen LogP contribution in [0.1, 0.15) is 18.3 Å². The fourth-order valence-corrected chi connectivity index (χ4v) is 2.31. The zero-order valence-electron chi connectivity index (χ0n) is 14.5. The number of halogens is 3. The van der Waals surface area contributed by atoms with E-state index in [0.29, 0.717) is 24.6 Å². The van der Waals surface area contributed by atoms with Crippen LogP contribution in [0.15, 0.2) is 35.6 Å². The van der Waals surface area contributed by atoms with Gasteiger partial charge >= 0.3 is 6.36 Å². The lowest BCUT2D eigenvalue weighted by Crippen LogP contribution is -2.38. The number of nitrogens with one attached hydrogen (secondary N) is 2. The van der Waals surface area contributed by atoms with Crippen molar-refractivity contribution in [3.05, 3.63) is 42.0 Å². The molecule has 0 saturated heterocycles. The summed E-state index contributed by atoms with van der Waals surface area (Å²) in [6.45, 7) is 3.34. The molecule has 26 heavy (non-hydrogen) atoms. The highest BCUT2D eigenvalue weighted by molar-refractivity contribution is 5.79. The van der Waals surface area contributed by atoms with E-state index < -0.39 is 6.36 Å². The lowest BCUT2D eigenvalue weighted by molar-refractivity contribution is -0.274. The second-order valence-corrected chi connectivity index (χ2v) is 5.30. The maximum Gasteiger partial charge on any atom is 0.573 e. The van der Waals surface area contributed by atoms with E-state index in [2.05, 4.69) is 30.6 Å². The quantitative estimate of drug-likeness (QED) is 0.577. The van der Waals surface area contributed by atoms with Gasteiger partial charge in [-0.05, 0) is 6.07 Å². The van der Waals surface area contributed by atoms with Crippen molar-refractivity contribution in [2.45, 2.75) is 32.8 Å². The topological polar surface area (TPSA) is 76.4 Å². The van der Waals surface area contributed by atoms with Crippen LogP contribution in [0.2, 0.25) is 0 Å². The Morgan fingerprint density at radius 3 is 2.73 bits per heavy atom. The smallest absolute Gasteiger partial charge is 0.405 e. The predicted octanol–water partition coefficient (Wildman–Crippen LogP) is 2.10. The van der Waals surface area contributed by atoms with E-state index in [9.17, 15) is 13.2 Å². The van der Waals surface area contributed by atoms with Crippen LogP contribution in [-0.4, -0.2) is 40.7 Å². The normalized spacial score (nSPS) is 12.1. The standard InChI is InChI=1S/C16H21F3N6O/c1-3-14-24-23-11-25(14)9-8-21-15(20-2)22-10-12-6-4-5-7-13(12)26-16(17,18)19/h4-7,11H,3,8-10H2,1-2H3,(H2,20,21,22). The molecule has 0 amide bonds. The molecule has 0 aliphatic heterocycles. The number of guanidine groups is 1. The third-order valence-electron chi connectivity index (χ3n) is 3.53. The van der Waals surface area contributed by atoms with Crippen LogP contribution in [0.25, 0.3) is 0 Å². The van der Waals surface area contributed by atoms with Gasteiger partial charge in [0.1, 0.15) is 17.9 Å². The van der Waals surface area contributed by atoms with Crippen molar-refractivity contribution >= 4 is 5.96 Å². The minimum absolute atomic E-state index is 0.138. The zero-order chi connectivity index (χ0) is 19.0. The molecule has 0 spiro atoms. The number of aromatic nitrogens is 3. The molecule has 0 aliphatic rings. The molecule has 2 N–H and O–H groups in total. The second-order valence-electron chi connectivity index (χ2n) is 5.30. The van der Waals surface area contributed by atoms with Crippen molar-refractivity contribution in [1.29, 1.82) is 0 Å². The number of alkyl halides is 3. The molecule has 2 rings (SSSR count). The Balaban J connectivity index is 1.87. The van der Waals surface area contributed by atoms with Gasteiger partial charge in [0.2, 0.25) is 0 Å². The number of nitrogens with zero attached hydrogens (tertiary/aromatic N) is 4. The molecule has 1 heterocycles. The van der Waals surface area contributed by atoms with Crippen molar-refractivity contribution in [3.63, 3.8) is 0 Å². The van der Waals surface area contributed by atoms with Gasteiger partial charge in [-0.1, -0.05) is 25.1 Å². The molecule has 2 aromatic rings. The summed E-state index contributed by atoms with van der Waals surface area (Å²) in [7, 11) is 1.59. The highest BCUT2D eigenvalue weighted by Crippen LogP contribution is 2.25. The molecule has 0 atom stereocenters. The monoisotopic (exact) mass is 370 g/mol. The van der Waals surface area contributed by atoms with E-state index in [4.69, 9.17) is 0 Å². The van der Waals surface area contributed by atoms with E-state index in [0.717, 1.165) is 12.2 Å². The summed E-state index contributed by atoms with van der Waals surface area (Å²) in [6, 6.07) is 5.97. The SMILES string of the molecule is CCc1nncn1CCNC(=NC)NCc1ccccc1OC(F)(F)F. The van der Waals surface area contributed by atoms with E-state index in [1.807, 2.05) is 11.5 Å². The first kappa shape index (κ1) is 19.5. The summed E-state index contributed by atoms with van der Waals surface area (Å²) in [5, 5.41) is 13.9. The van der Waals surface area contributed by atoms with E-state index in [1.165, 1.54) is 12.1 Å². The molecule has 0 unspecified atom stereocenters. The predicted molar refractivity (Wildman–Crippen MR) is 90.7 cm³/mol. The highest BCUT2D eigenvalue weighted by atomic mass is 19.4. The average Bonchev–Trinajstić information content (AvgIpc) is 3.05. The fourth-order valence-electron chi connectivity index (χ4n) is 2.31. The lowest BCUT2D eigenvalue weighted by atomic mass is 10.2. The Bertz CT molecular complexity index is 729. The van der Waals surface area contributed by atoms with Gasteiger partial charge in [-0.3, -0.25) is 4.99 Å². The van der Waals surface area contributed by atoms with Crippen LogP contribution in [0.5, 0.6) is 5.75 Å². The van der Waals surface area contributed by atoms with Crippen LogP contribution in [0, 0.1) is 0 Å². The van der Waals surface area contributed by atoms with Gasteiger partial charge in [0, 0.05) is 38.7 Å². The average molecular weight is 370 g/mol. The van der Waals surface area contributed by atoms with Crippen molar-refractivity contribution in [2.75, 3.05) is 13.6 Å². The number of benzene rings is 1. The third kappa shape index (κ3) is 5.94. The van der Waals surface area contributed by atoms with E-state index in [1.54, 1.807) is 25.5 Å². The van der Waals surface area contributed by atoms with E-state index >= 15 is 0 Å². The molecule has 0 bridgehead atoms. The summed E-state index contributed by atoms with van der Waals surface area (Å²) in [5.41, 5.74) is 0.375. The van der Waals surface area contributed by atoms with Gasteiger partial charge in [0.25, 0.3) is 0 Å². The first-order valence-electron chi connectivity index (χ1n) is 8.07. The molecule has 0 saturated carbocycles. The van der Waals surface area contributed by atoms with Gasteiger partial charge in [0.15, 0.2) is 5.96 Å². The van der Waals surface area contributed by atoms with Crippen LogP contribution >= 0.6 is 0 Å². The summed E-state index contributed by atoms with van der Waals surface area (Å²) < 4.78 is 43.3.